The van der Waals surface area contributed by atoms with E-state index in [1.165, 1.54) is 11.3 Å². The number of imidazole rings is 1. The van der Waals surface area contributed by atoms with E-state index in [0.717, 1.165) is 0 Å². The maximum Gasteiger partial charge on any atom is 0.392 e. The molecule has 0 spiro atoms. The van der Waals surface area contributed by atoms with E-state index in [1.54, 1.807) is 48.7 Å². The van der Waals surface area contributed by atoms with Gasteiger partial charge in [0, 0.05) is 18.7 Å². The molecule has 1 aromatic carbocycles. The van der Waals surface area contributed by atoms with Gasteiger partial charge in [0.25, 0.3) is 0 Å². The fraction of sp³-hybridized carbons (Fsp3) is 0.0667. The lowest BCUT2D eigenvalue weighted by molar-refractivity contribution is -0.391. The van der Waals surface area contributed by atoms with Crippen LogP contribution in [0, 0.1) is 10.1 Å². The van der Waals surface area contributed by atoms with Gasteiger partial charge in [-0.2, -0.15) is 9.38 Å². The Morgan fingerprint density at radius 1 is 1.26 bits per heavy atom. The molecule has 8 heteroatoms. The third-order valence-electron chi connectivity index (χ3n) is 3.04. The quantitative estimate of drug-likeness (QED) is 0.589. The molecule has 0 unspecified atom stereocenters. The number of fused-ring (bicyclic) bond motifs is 1. The molecule has 0 fully saturated rings. The zero-order valence-corrected chi connectivity index (χ0v) is 12.1. The highest BCUT2D eigenvalue weighted by molar-refractivity contribution is 5.88. The van der Waals surface area contributed by atoms with E-state index in [1.807, 2.05) is 0 Å². The Bertz CT molecular complexity index is 886. The monoisotopic (exact) mass is 312 g/mol. The number of pyridine rings is 1. The zero-order valence-electron chi connectivity index (χ0n) is 12.1. The molecule has 23 heavy (non-hydrogen) atoms. The van der Waals surface area contributed by atoms with Crippen LogP contribution in [0.25, 0.3) is 5.65 Å². The van der Waals surface area contributed by atoms with Gasteiger partial charge in [-0.3, -0.25) is 4.79 Å². The van der Waals surface area contributed by atoms with Crippen molar-refractivity contribution in [3.63, 3.8) is 0 Å². The summed E-state index contributed by atoms with van der Waals surface area (Å²) in [6.07, 6.45) is 1.55. The lowest BCUT2D eigenvalue weighted by atomic mass is 10.3. The first-order valence-electron chi connectivity index (χ1n) is 6.71. The molecule has 0 aliphatic carbocycles. The van der Waals surface area contributed by atoms with Crippen LogP contribution < -0.4 is 10.1 Å². The summed E-state index contributed by atoms with van der Waals surface area (Å²) in [5, 5.41) is 13.9. The minimum absolute atomic E-state index is 0.0894. The molecule has 0 radical (unpaired) electrons. The van der Waals surface area contributed by atoms with Gasteiger partial charge in [-0.25, -0.2) is 0 Å². The maximum absolute atomic E-state index is 11.3. The van der Waals surface area contributed by atoms with Gasteiger partial charge in [-0.15, -0.1) is 0 Å². The molecular formula is C15H12N4O4. The second kappa shape index (κ2) is 5.76. The summed E-state index contributed by atoms with van der Waals surface area (Å²) in [6, 6.07) is 11.5. The number of hydrogen-bond acceptors (Lipinski definition) is 5. The van der Waals surface area contributed by atoms with Crippen LogP contribution in [0.1, 0.15) is 6.92 Å². The summed E-state index contributed by atoms with van der Waals surface area (Å²) >= 11 is 0. The first kappa shape index (κ1) is 14.5. The van der Waals surface area contributed by atoms with Crippen molar-refractivity contribution in [2.75, 3.05) is 5.32 Å². The molecule has 0 saturated carbocycles. The molecule has 0 saturated heterocycles. The number of benzene rings is 1. The molecule has 0 bridgehead atoms. The number of rotatable bonds is 4. The molecule has 1 N–H and O–H groups in total. The molecule has 0 atom stereocenters. The second-order valence-corrected chi connectivity index (χ2v) is 4.73. The van der Waals surface area contributed by atoms with Crippen molar-refractivity contribution in [1.82, 2.24) is 9.38 Å². The number of amides is 1. The van der Waals surface area contributed by atoms with E-state index in [0.29, 0.717) is 17.1 Å². The standard InChI is InChI=1S/C15H12N4O4/c1-10(20)16-11-5-7-12(8-6-11)23-14-15(19(21)22)18-9-3-2-4-13(18)17-14/h2-9H,1H3,(H,16,20). The molecule has 0 aliphatic rings. The largest absolute Gasteiger partial charge is 0.433 e. The fourth-order valence-electron chi connectivity index (χ4n) is 2.12. The van der Waals surface area contributed by atoms with Crippen LogP contribution in [0.3, 0.4) is 0 Å². The first-order chi connectivity index (χ1) is 11.0. The van der Waals surface area contributed by atoms with Crippen molar-refractivity contribution >= 4 is 23.1 Å². The van der Waals surface area contributed by atoms with E-state index in [4.69, 9.17) is 4.74 Å². The number of carbonyl (C=O) groups is 1. The van der Waals surface area contributed by atoms with E-state index in [-0.39, 0.29) is 17.6 Å². The molecule has 3 aromatic rings. The molecule has 0 aliphatic heterocycles. The number of nitrogens with one attached hydrogen (secondary N) is 1. The average Bonchev–Trinajstić information content (AvgIpc) is 2.86. The van der Waals surface area contributed by atoms with Crippen LogP contribution >= 0.6 is 0 Å². The Kier molecular flexibility index (Phi) is 3.63. The van der Waals surface area contributed by atoms with Crippen molar-refractivity contribution in [3.05, 3.63) is 58.8 Å². The van der Waals surface area contributed by atoms with Crippen molar-refractivity contribution in [3.8, 4) is 11.6 Å². The molecule has 2 aromatic heterocycles. The summed E-state index contributed by atoms with van der Waals surface area (Å²) in [5.41, 5.74) is 1.03. The van der Waals surface area contributed by atoms with Crippen molar-refractivity contribution in [2.45, 2.75) is 6.92 Å². The Morgan fingerprint density at radius 3 is 2.65 bits per heavy atom. The van der Waals surface area contributed by atoms with Crippen LogP contribution in [0.5, 0.6) is 11.6 Å². The highest BCUT2D eigenvalue weighted by Crippen LogP contribution is 2.31. The normalized spacial score (nSPS) is 10.5. The number of ether oxygens (including phenoxy) is 1. The molecule has 116 valence electrons. The van der Waals surface area contributed by atoms with Gasteiger partial charge >= 0.3 is 11.7 Å². The molecule has 1 amide bonds. The van der Waals surface area contributed by atoms with Gasteiger partial charge in [-0.05, 0) is 35.3 Å². The minimum atomic E-state index is -0.541. The van der Waals surface area contributed by atoms with E-state index >= 15 is 0 Å². The SMILES string of the molecule is CC(=O)Nc1ccc(Oc2nc3ccccn3c2[N+](=O)[O-])cc1. The van der Waals surface area contributed by atoms with Gasteiger partial charge in [0.1, 0.15) is 5.75 Å². The third kappa shape index (κ3) is 2.95. The zero-order chi connectivity index (χ0) is 16.4. The number of aromatic nitrogens is 2. The summed E-state index contributed by atoms with van der Waals surface area (Å²) in [5.74, 6) is -0.139. The van der Waals surface area contributed by atoms with Crippen LogP contribution in [-0.4, -0.2) is 20.2 Å². The lowest BCUT2D eigenvalue weighted by Crippen LogP contribution is -2.05. The van der Waals surface area contributed by atoms with E-state index < -0.39 is 4.92 Å². The smallest absolute Gasteiger partial charge is 0.392 e. The van der Waals surface area contributed by atoms with Gasteiger partial charge in [-0.1, -0.05) is 6.07 Å². The van der Waals surface area contributed by atoms with Crippen molar-refractivity contribution < 1.29 is 14.5 Å². The predicted molar refractivity (Wildman–Crippen MR) is 82.7 cm³/mol. The summed E-state index contributed by atoms with van der Waals surface area (Å²) < 4.78 is 6.88. The number of nitro groups is 1. The Hall–Kier alpha value is -3.42. The molecule has 2 heterocycles. The van der Waals surface area contributed by atoms with Crippen molar-refractivity contribution in [2.24, 2.45) is 0 Å². The predicted octanol–water partition coefficient (Wildman–Crippen LogP) is 2.99. The number of anilines is 1. The summed E-state index contributed by atoms with van der Waals surface area (Å²) in [7, 11) is 0. The number of nitrogens with zero attached hydrogens (tertiary/aromatic N) is 3. The lowest BCUT2D eigenvalue weighted by Gasteiger charge is -2.05. The highest BCUT2D eigenvalue weighted by Gasteiger charge is 2.24. The highest BCUT2D eigenvalue weighted by atomic mass is 16.6. The average molecular weight is 312 g/mol. The maximum atomic E-state index is 11.3. The molecule has 8 nitrogen and oxygen atoms in total. The van der Waals surface area contributed by atoms with Crippen LogP contribution in [-0.2, 0) is 4.79 Å². The molecular weight excluding hydrogens is 300 g/mol. The van der Waals surface area contributed by atoms with Gasteiger partial charge in [0.05, 0.1) is 6.20 Å². The van der Waals surface area contributed by atoms with Gasteiger partial charge < -0.3 is 20.2 Å². The third-order valence-corrected chi connectivity index (χ3v) is 3.04. The first-order valence-corrected chi connectivity index (χ1v) is 6.71. The Morgan fingerprint density at radius 2 is 2.00 bits per heavy atom. The second-order valence-electron chi connectivity index (χ2n) is 4.73. The van der Waals surface area contributed by atoms with Gasteiger partial charge in [0.15, 0.2) is 0 Å². The van der Waals surface area contributed by atoms with Gasteiger partial charge in [0.2, 0.25) is 11.6 Å². The van der Waals surface area contributed by atoms with E-state index in [2.05, 4.69) is 10.3 Å². The van der Waals surface area contributed by atoms with Crippen molar-refractivity contribution in [1.29, 1.82) is 0 Å². The summed E-state index contributed by atoms with van der Waals surface area (Å²) in [4.78, 5) is 25.8. The van der Waals surface area contributed by atoms with E-state index in [9.17, 15) is 14.9 Å². The van der Waals surface area contributed by atoms with Crippen LogP contribution in [0.4, 0.5) is 11.5 Å². The molecule has 3 rings (SSSR count). The Labute approximate surface area is 130 Å². The summed E-state index contributed by atoms with van der Waals surface area (Å²) in [6.45, 7) is 1.41. The van der Waals surface area contributed by atoms with Crippen LogP contribution in [0.15, 0.2) is 48.7 Å². The number of hydrogen-bond donors (Lipinski definition) is 1. The number of carbonyl (C=O) groups excluding carboxylic acids is 1. The topological polar surface area (TPSA) is 98.8 Å². The Balaban J connectivity index is 1.93. The fourth-order valence-corrected chi connectivity index (χ4v) is 2.12. The minimum Gasteiger partial charge on any atom is -0.433 e. The van der Waals surface area contributed by atoms with Crippen LogP contribution in [0.2, 0.25) is 0 Å².